The fourth-order valence-electron chi connectivity index (χ4n) is 1.73. The molecular formula is C14H23OP. The van der Waals surface area contributed by atoms with Gasteiger partial charge < -0.3 is 4.89 Å². The summed E-state index contributed by atoms with van der Waals surface area (Å²) in [5.41, 5.74) is 2.85. The highest BCUT2D eigenvalue weighted by Crippen LogP contribution is 2.29. The van der Waals surface area contributed by atoms with Gasteiger partial charge in [0.05, 0.1) is 0 Å². The molecule has 2 heteroatoms. The van der Waals surface area contributed by atoms with Crippen molar-refractivity contribution in [2.24, 2.45) is 0 Å². The Balaban J connectivity index is 3.34. The highest BCUT2D eigenvalue weighted by atomic mass is 31.1. The zero-order chi connectivity index (χ0) is 12.6. The van der Waals surface area contributed by atoms with E-state index in [1.165, 1.54) is 11.1 Å². The molecule has 0 heterocycles. The fraction of sp³-hybridized carbons (Fsp3) is 0.571. The highest BCUT2D eigenvalue weighted by Gasteiger charge is 2.21. The second kappa shape index (κ2) is 4.47. The molecular weight excluding hydrogens is 215 g/mol. The van der Waals surface area contributed by atoms with Crippen molar-refractivity contribution in [2.75, 3.05) is 0 Å². The summed E-state index contributed by atoms with van der Waals surface area (Å²) in [5.74, 6) is 0. The van der Waals surface area contributed by atoms with Crippen LogP contribution < -0.4 is 5.30 Å². The lowest BCUT2D eigenvalue weighted by Gasteiger charge is -2.26. The van der Waals surface area contributed by atoms with Crippen LogP contribution in [0.2, 0.25) is 0 Å². The van der Waals surface area contributed by atoms with E-state index in [0.717, 1.165) is 5.30 Å². The van der Waals surface area contributed by atoms with Crippen LogP contribution in [0, 0.1) is 0 Å². The van der Waals surface area contributed by atoms with Gasteiger partial charge in [-0.1, -0.05) is 59.7 Å². The Morgan fingerprint density at radius 2 is 1.50 bits per heavy atom. The SMILES string of the molecule is CC(C)(C)c1ccc(PO)c(C(C)(C)C)c1. The molecule has 0 saturated heterocycles. The van der Waals surface area contributed by atoms with Gasteiger partial charge in [-0.3, -0.25) is 0 Å². The van der Waals surface area contributed by atoms with Gasteiger partial charge in [-0.15, -0.1) is 0 Å². The van der Waals surface area contributed by atoms with E-state index in [2.05, 4.69) is 59.7 Å². The topological polar surface area (TPSA) is 20.2 Å². The smallest absolute Gasteiger partial charge is 0.0423 e. The third-order valence-electron chi connectivity index (χ3n) is 2.81. The van der Waals surface area contributed by atoms with Crippen molar-refractivity contribution < 1.29 is 4.89 Å². The van der Waals surface area contributed by atoms with Gasteiger partial charge in [-0.05, 0) is 22.0 Å². The van der Waals surface area contributed by atoms with Crippen LogP contribution >= 0.6 is 8.81 Å². The van der Waals surface area contributed by atoms with E-state index in [-0.39, 0.29) is 19.6 Å². The van der Waals surface area contributed by atoms with E-state index >= 15 is 0 Å². The number of benzene rings is 1. The number of hydrogen-bond acceptors (Lipinski definition) is 1. The Hall–Kier alpha value is -0.390. The van der Waals surface area contributed by atoms with E-state index in [4.69, 9.17) is 0 Å². The zero-order valence-corrected chi connectivity index (χ0v) is 12.2. The first-order valence-corrected chi connectivity index (χ1v) is 6.66. The van der Waals surface area contributed by atoms with Crippen LogP contribution in [0.4, 0.5) is 0 Å². The summed E-state index contributed by atoms with van der Waals surface area (Å²) in [5, 5.41) is 1.07. The van der Waals surface area contributed by atoms with Gasteiger partial charge in [-0.2, -0.15) is 0 Å². The molecule has 1 aromatic carbocycles. The summed E-state index contributed by atoms with van der Waals surface area (Å²) < 4.78 is 0. The Morgan fingerprint density at radius 1 is 0.938 bits per heavy atom. The van der Waals surface area contributed by atoms with E-state index in [9.17, 15) is 4.89 Å². The van der Waals surface area contributed by atoms with E-state index in [1.807, 2.05) is 0 Å². The minimum absolute atomic E-state index is 0.0896. The van der Waals surface area contributed by atoms with Crippen LogP contribution in [0.25, 0.3) is 0 Å². The molecule has 0 spiro atoms. The van der Waals surface area contributed by atoms with Crippen LogP contribution in [0.3, 0.4) is 0 Å². The van der Waals surface area contributed by atoms with E-state index in [1.54, 1.807) is 0 Å². The third-order valence-corrected chi connectivity index (χ3v) is 3.49. The molecule has 1 aromatic rings. The molecule has 90 valence electrons. The molecule has 0 fully saturated rings. The molecule has 0 saturated carbocycles. The van der Waals surface area contributed by atoms with Crippen molar-refractivity contribution in [3.8, 4) is 0 Å². The summed E-state index contributed by atoms with van der Waals surface area (Å²) in [6.45, 7) is 13.2. The summed E-state index contributed by atoms with van der Waals surface area (Å²) in [7, 11) is -0.118. The van der Waals surface area contributed by atoms with Crippen molar-refractivity contribution in [3.63, 3.8) is 0 Å². The van der Waals surface area contributed by atoms with Crippen molar-refractivity contribution in [2.45, 2.75) is 52.4 Å². The summed E-state index contributed by atoms with van der Waals surface area (Å²) in [6, 6.07) is 6.45. The maximum atomic E-state index is 9.40. The van der Waals surface area contributed by atoms with Gasteiger partial charge in [0.1, 0.15) is 0 Å². The molecule has 0 bridgehead atoms. The first kappa shape index (κ1) is 13.7. The van der Waals surface area contributed by atoms with Crippen LogP contribution in [0.5, 0.6) is 0 Å². The largest absolute Gasteiger partial charge is 0.372 e. The van der Waals surface area contributed by atoms with Gasteiger partial charge >= 0.3 is 0 Å². The van der Waals surface area contributed by atoms with Crippen LogP contribution in [0.1, 0.15) is 52.7 Å². The number of hydrogen-bond donors (Lipinski definition) is 1. The van der Waals surface area contributed by atoms with Crippen molar-refractivity contribution in [1.82, 2.24) is 0 Å². The Labute approximate surface area is 101 Å². The molecule has 1 N–H and O–H groups in total. The molecule has 0 aliphatic carbocycles. The lowest BCUT2D eigenvalue weighted by molar-refractivity contribution is 0.570. The standard InChI is InChI=1S/C14H23OP/c1-13(2,3)10-7-8-12(16-15)11(9-10)14(4,5)6/h7-9,15-16H,1-6H3. The molecule has 0 aromatic heterocycles. The van der Waals surface area contributed by atoms with Crippen molar-refractivity contribution >= 4 is 14.1 Å². The molecule has 1 rings (SSSR count). The minimum Gasteiger partial charge on any atom is -0.372 e. The van der Waals surface area contributed by atoms with Crippen LogP contribution in [0.15, 0.2) is 18.2 Å². The molecule has 0 amide bonds. The van der Waals surface area contributed by atoms with Gasteiger partial charge in [0.2, 0.25) is 0 Å². The molecule has 1 unspecified atom stereocenters. The zero-order valence-electron chi connectivity index (χ0n) is 11.2. The maximum Gasteiger partial charge on any atom is 0.0423 e. The average molecular weight is 238 g/mol. The molecule has 16 heavy (non-hydrogen) atoms. The molecule has 0 radical (unpaired) electrons. The first-order chi connectivity index (χ1) is 7.16. The lowest BCUT2D eigenvalue weighted by Crippen LogP contribution is -2.22. The number of rotatable bonds is 1. The quantitative estimate of drug-likeness (QED) is 0.742. The second-order valence-electron chi connectivity index (χ2n) is 6.37. The normalized spacial score (nSPS) is 13.7. The predicted octanol–water partition coefficient (Wildman–Crippen LogP) is 3.49. The average Bonchev–Trinajstić information content (AvgIpc) is 2.14. The van der Waals surface area contributed by atoms with Gasteiger partial charge in [0.25, 0.3) is 0 Å². The van der Waals surface area contributed by atoms with Gasteiger partial charge in [-0.25, -0.2) is 0 Å². The second-order valence-corrected chi connectivity index (χ2v) is 7.13. The minimum atomic E-state index is -0.118. The predicted molar refractivity (Wildman–Crippen MR) is 74.0 cm³/mol. The maximum absolute atomic E-state index is 9.40. The third kappa shape index (κ3) is 3.06. The monoisotopic (exact) mass is 238 g/mol. The Morgan fingerprint density at radius 3 is 1.88 bits per heavy atom. The first-order valence-electron chi connectivity index (χ1n) is 5.71. The fourth-order valence-corrected chi connectivity index (χ4v) is 2.45. The van der Waals surface area contributed by atoms with E-state index in [0.29, 0.717) is 0 Å². The Bertz CT molecular complexity index is 369. The molecule has 0 aliphatic rings. The van der Waals surface area contributed by atoms with Crippen molar-refractivity contribution in [1.29, 1.82) is 0 Å². The highest BCUT2D eigenvalue weighted by molar-refractivity contribution is 7.41. The summed E-state index contributed by atoms with van der Waals surface area (Å²) in [4.78, 5) is 9.40. The molecule has 1 atom stereocenters. The van der Waals surface area contributed by atoms with Gasteiger partial charge in [0.15, 0.2) is 0 Å². The Kier molecular flexibility index (Phi) is 3.82. The molecule has 1 nitrogen and oxygen atoms in total. The summed E-state index contributed by atoms with van der Waals surface area (Å²) >= 11 is 0. The van der Waals surface area contributed by atoms with Crippen LogP contribution in [-0.2, 0) is 10.8 Å². The summed E-state index contributed by atoms with van der Waals surface area (Å²) in [6.07, 6.45) is 0. The van der Waals surface area contributed by atoms with Crippen molar-refractivity contribution in [3.05, 3.63) is 29.3 Å². The van der Waals surface area contributed by atoms with Gasteiger partial charge in [0, 0.05) is 14.1 Å². The van der Waals surface area contributed by atoms with E-state index < -0.39 is 0 Å². The lowest BCUT2D eigenvalue weighted by atomic mass is 9.81. The van der Waals surface area contributed by atoms with Crippen LogP contribution in [-0.4, -0.2) is 4.89 Å². The molecule has 0 aliphatic heterocycles.